The molecule has 0 saturated carbocycles. The van der Waals surface area contributed by atoms with Crippen LogP contribution in [-0.2, 0) is 17.4 Å². The van der Waals surface area contributed by atoms with Gasteiger partial charge in [0, 0.05) is 12.5 Å². The molecule has 1 amide bonds. The maximum absolute atomic E-state index is 13.0. The van der Waals surface area contributed by atoms with Crippen molar-refractivity contribution in [1.29, 1.82) is 0 Å². The first-order valence-corrected chi connectivity index (χ1v) is 7.30. The number of fused-ring (bicyclic) bond motifs is 1. The molecule has 0 spiro atoms. The van der Waals surface area contributed by atoms with Crippen LogP contribution in [0.5, 0.6) is 0 Å². The summed E-state index contributed by atoms with van der Waals surface area (Å²) < 4.78 is 38.9. The van der Waals surface area contributed by atoms with E-state index in [-0.39, 0.29) is 5.91 Å². The zero-order valence-electron chi connectivity index (χ0n) is 12.5. The standard InChI is InChI=1S/C18H15F3NO/c1-12(23)22-10-4-7-13-5-3-9-16(17(13)22)14-6-2-8-15(11-14)18(19,20)21/h2-3,5-6,8-11H,4,7H2,1H3. The van der Waals surface area contributed by atoms with Gasteiger partial charge in [-0.15, -0.1) is 0 Å². The van der Waals surface area contributed by atoms with Gasteiger partial charge in [-0.2, -0.15) is 13.2 Å². The molecule has 0 atom stereocenters. The van der Waals surface area contributed by atoms with E-state index in [0.717, 1.165) is 30.5 Å². The van der Waals surface area contributed by atoms with Gasteiger partial charge in [-0.3, -0.25) is 4.79 Å². The molecule has 2 aromatic carbocycles. The number of amides is 1. The molecule has 3 rings (SSSR count). The van der Waals surface area contributed by atoms with Gasteiger partial charge in [-0.1, -0.05) is 30.3 Å². The van der Waals surface area contributed by atoms with Crippen LogP contribution >= 0.6 is 0 Å². The van der Waals surface area contributed by atoms with Gasteiger partial charge in [-0.05, 0) is 36.1 Å². The Morgan fingerprint density at radius 2 is 1.87 bits per heavy atom. The topological polar surface area (TPSA) is 20.3 Å². The van der Waals surface area contributed by atoms with Gasteiger partial charge in [0.15, 0.2) is 0 Å². The number of carbonyl (C=O) groups excluding carboxylic acids is 1. The van der Waals surface area contributed by atoms with Crippen molar-refractivity contribution < 1.29 is 18.0 Å². The summed E-state index contributed by atoms with van der Waals surface area (Å²) in [5.41, 5.74) is 2.06. The molecule has 0 bridgehead atoms. The fraction of sp³-hybridized carbons (Fsp3) is 0.222. The number of benzene rings is 2. The van der Waals surface area contributed by atoms with Gasteiger partial charge < -0.3 is 4.90 Å². The average molecular weight is 318 g/mol. The van der Waals surface area contributed by atoms with E-state index in [9.17, 15) is 18.0 Å². The van der Waals surface area contributed by atoms with Crippen molar-refractivity contribution in [3.05, 3.63) is 60.1 Å². The van der Waals surface area contributed by atoms with Crippen molar-refractivity contribution in [1.82, 2.24) is 0 Å². The molecule has 1 aliphatic rings. The van der Waals surface area contributed by atoms with Crippen LogP contribution in [-0.4, -0.2) is 5.91 Å². The molecule has 0 fully saturated rings. The Labute approximate surface area is 132 Å². The van der Waals surface area contributed by atoms with E-state index < -0.39 is 11.7 Å². The highest BCUT2D eigenvalue weighted by atomic mass is 19.4. The number of hydrogen-bond acceptors (Lipinski definition) is 1. The van der Waals surface area contributed by atoms with Crippen molar-refractivity contribution >= 4 is 11.6 Å². The summed E-state index contributed by atoms with van der Waals surface area (Å²) in [5.74, 6) is -0.148. The Morgan fingerprint density at radius 1 is 1.13 bits per heavy atom. The number of para-hydroxylation sites is 1. The van der Waals surface area contributed by atoms with Gasteiger partial charge in [-0.25, -0.2) is 0 Å². The van der Waals surface area contributed by atoms with Crippen LogP contribution in [0.4, 0.5) is 18.9 Å². The first-order chi connectivity index (χ1) is 10.9. The molecular formula is C18H15F3NO. The number of hydrogen-bond donors (Lipinski definition) is 0. The minimum absolute atomic E-state index is 0.148. The van der Waals surface area contributed by atoms with Crippen molar-refractivity contribution in [3.8, 4) is 11.1 Å². The Balaban J connectivity index is 2.17. The lowest BCUT2D eigenvalue weighted by molar-refractivity contribution is -0.137. The van der Waals surface area contributed by atoms with Gasteiger partial charge in [0.25, 0.3) is 0 Å². The predicted molar refractivity (Wildman–Crippen MR) is 82.7 cm³/mol. The van der Waals surface area contributed by atoms with Crippen molar-refractivity contribution in [2.24, 2.45) is 0 Å². The number of carbonyl (C=O) groups is 1. The van der Waals surface area contributed by atoms with Crippen LogP contribution < -0.4 is 4.90 Å². The smallest absolute Gasteiger partial charge is 0.307 e. The third-order valence-corrected chi connectivity index (χ3v) is 3.93. The molecule has 2 nitrogen and oxygen atoms in total. The van der Waals surface area contributed by atoms with Gasteiger partial charge in [0.1, 0.15) is 0 Å². The summed E-state index contributed by atoms with van der Waals surface area (Å²) >= 11 is 0. The Bertz CT molecular complexity index is 752. The first kappa shape index (κ1) is 15.6. The number of aryl methyl sites for hydroxylation is 1. The molecule has 1 heterocycles. The van der Waals surface area contributed by atoms with E-state index in [4.69, 9.17) is 0 Å². The zero-order chi connectivity index (χ0) is 16.6. The second kappa shape index (κ2) is 5.72. The minimum Gasteiger partial charge on any atom is -0.307 e. The number of anilines is 1. The van der Waals surface area contributed by atoms with Crippen LogP contribution in [0.3, 0.4) is 0 Å². The number of halogens is 3. The lowest BCUT2D eigenvalue weighted by atomic mass is 9.93. The molecule has 119 valence electrons. The average Bonchev–Trinajstić information content (AvgIpc) is 2.53. The van der Waals surface area contributed by atoms with E-state index in [1.54, 1.807) is 18.7 Å². The molecule has 23 heavy (non-hydrogen) atoms. The van der Waals surface area contributed by atoms with Crippen LogP contribution in [0.25, 0.3) is 11.1 Å². The summed E-state index contributed by atoms with van der Waals surface area (Å²) in [6.07, 6.45) is -2.89. The molecule has 0 aromatic heterocycles. The van der Waals surface area contributed by atoms with E-state index >= 15 is 0 Å². The highest BCUT2D eigenvalue weighted by Crippen LogP contribution is 2.40. The maximum Gasteiger partial charge on any atom is 0.416 e. The first-order valence-electron chi connectivity index (χ1n) is 7.30. The molecule has 5 heteroatoms. The highest BCUT2D eigenvalue weighted by molar-refractivity contribution is 5.99. The SMILES string of the molecule is CC(=O)N1[CH]CCc2cccc(-c3cccc(C(F)(F)F)c3)c21. The third kappa shape index (κ3) is 2.96. The largest absolute Gasteiger partial charge is 0.416 e. The fourth-order valence-corrected chi connectivity index (χ4v) is 2.90. The Morgan fingerprint density at radius 3 is 2.57 bits per heavy atom. The lowest BCUT2D eigenvalue weighted by Crippen LogP contribution is -2.30. The zero-order valence-corrected chi connectivity index (χ0v) is 12.5. The summed E-state index contributed by atoms with van der Waals surface area (Å²) in [4.78, 5) is 13.4. The Hall–Kier alpha value is -2.30. The van der Waals surface area contributed by atoms with E-state index in [1.807, 2.05) is 12.1 Å². The summed E-state index contributed by atoms with van der Waals surface area (Å²) in [7, 11) is 0. The Kier molecular flexibility index (Phi) is 3.88. The summed E-state index contributed by atoms with van der Waals surface area (Å²) in [6.45, 7) is 3.25. The fourth-order valence-electron chi connectivity index (χ4n) is 2.90. The van der Waals surface area contributed by atoms with Crippen LogP contribution in [0.15, 0.2) is 42.5 Å². The molecule has 0 aliphatic carbocycles. The molecule has 1 aliphatic heterocycles. The van der Waals surface area contributed by atoms with Crippen LogP contribution in [0, 0.1) is 6.54 Å². The van der Waals surface area contributed by atoms with E-state index in [2.05, 4.69) is 0 Å². The minimum atomic E-state index is -4.39. The van der Waals surface area contributed by atoms with Gasteiger partial charge in [0.05, 0.1) is 17.8 Å². The summed E-state index contributed by atoms with van der Waals surface area (Å²) in [6, 6.07) is 10.7. The van der Waals surface area contributed by atoms with Crippen molar-refractivity contribution in [2.75, 3.05) is 4.90 Å². The molecule has 0 N–H and O–H groups in total. The predicted octanol–water partition coefficient (Wildman–Crippen LogP) is 4.83. The molecular weight excluding hydrogens is 303 g/mol. The summed E-state index contributed by atoms with van der Waals surface area (Å²) in [5, 5.41) is 0. The lowest BCUT2D eigenvalue weighted by Gasteiger charge is -2.30. The van der Waals surface area contributed by atoms with Gasteiger partial charge in [0.2, 0.25) is 5.91 Å². The number of alkyl halides is 3. The van der Waals surface area contributed by atoms with Gasteiger partial charge >= 0.3 is 6.18 Å². The van der Waals surface area contributed by atoms with Crippen molar-refractivity contribution in [2.45, 2.75) is 25.9 Å². The normalized spacial score (nSPS) is 14.5. The van der Waals surface area contributed by atoms with Crippen LogP contribution in [0.1, 0.15) is 24.5 Å². The van der Waals surface area contributed by atoms with Crippen molar-refractivity contribution in [3.63, 3.8) is 0 Å². The molecule has 1 radical (unpaired) electrons. The second-order valence-electron chi connectivity index (χ2n) is 5.50. The quantitative estimate of drug-likeness (QED) is 0.737. The third-order valence-electron chi connectivity index (χ3n) is 3.93. The van der Waals surface area contributed by atoms with E-state index in [0.29, 0.717) is 16.8 Å². The second-order valence-corrected chi connectivity index (χ2v) is 5.50. The highest BCUT2D eigenvalue weighted by Gasteiger charge is 2.31. The number of rotatable bonds is 1. The molecule has 2 aromatic rings. The maximum atomic E-state index is 13.0. The number of nitrogens with zero attached hydrogens (tertiary/aromatic N) is 1. The van der Waals surface area contributed by atoms with E-state index in [1.165, 1.54) is 17.9 Å². The van der Waals surface area contributed by atoms with Crippen LogP contribution in [0.2, 0.25) is 0 Å². The molecule has 0 saturated heterocycles. The molecule has 0 unspecified atom stereocenters. The monoisotopic (exact) mass is 318 g/mol.